The second kappa shape index (κ2) is 9.10. The smallest absolute Gasteiger partial charge is 0.338 e. The molecule has 4 aromatic carbocycles. The molecule has 0 aliphatic rings. The Balaban J connectivity index is 1.94. The van der Waals surface area contributed by atoms with Crippen molar-refractivity contribution >= 4 is 34.4 Å². The zero-order chi connectivity index (χ0) is 22.6. The van der Waals surface area contributed by atoms with Crippen LogP contribution in [0, 0.1) is 0 Å². The third-order valence-electron chi connectivity index (χ3n) is 5.32. The maximum atomic E-state index is 12.6. The van der Waals surface area contributed by atoms with Crippen molar-refractivity contribution in [2.75, 3.05) is 0 Å². The highest BCUT2D eigenvalue weighted by molar-refractivity contribution is 8.01. The highest BCUT2D eigenvalue weighted by Gasteiger charge is 2.47. The molecule has 0 atom stereocenters. The molecule has 0 amide bonds. The second-order valence-corrected chi connectivity index (χ2v) is 12.1. The quantitative estimate of drug-likeness (QED) is 0.313. The summed E-state index contributed by atoms with van der Waals surface area (Å²) in [4.78, 5) is 12.6. The standard InChI is InChI=1S/C29H28O2P/c1-29(2,3)31-28(30)23-19-21-27(22-20-23)32(24-13-7-4-8-14-24,25-15-9-5-10-16-25)26-17-11-6-12-18-26/h4-22H,1-3H3/q+1. The van der Waals surface area contributed by atoms with Crippen LogP contribution in [0.4, 0.5) is 0 Å². The Morgan fingerprint density at radius 3 is 1.25 bits per heavy atom. The molecule has 4 aromatic rings. The Morgan fingerprint density at radius 1 is 0.562 bits per heavy atom. The molecule has 0 aliphatic heterocycles. The van der Waals surface area contributed by atoms with Crippen molar-refractivity contribution in [3.05, 3.63) is 121 Å². The lowest BCUT2D eigenvalue weighted by Crippen LogP contribution is -2.38. The van der Waals surface area contributed by atoms with Crippen molar-refractivity contribution < 1.29 is 9.53 Å². The average Bonchev–Trinajstić information content (AvgIpc) is 2.81. The van der Waals surface area contributed by atoms with Gasteiger partial charge in [0.25, 0.3) is 0 Å². The van der Waals surface area contributed by atoms with Gasteiger partial charge in [-0.05, 0) is 81.4 Å². The number of ether oxygens (including phenoxy) is 1. The highest BCUT2D eigenvalue weighted by Crippen LogP contribution is 2.54. The van der Waals surface area contributed by atoms with E-state index in [0.717, 1.165) is 0 Å². The maximum absolute atomic E-state index is 12.6. The van der Waals surface area contributed by atoms with Gasteiger partial charge in [0.1, 0.15) is 34.1 Å². The summed E-state index contributed by atoms with van der Waals surface area (Å²) in [5.74, 6) is -0.299. The molecule has 0 N–H and O–H groups in total. The predicted molar refractivity (Wildman–Crippen MR) is 136 cm³/mol. The summed E-state index contributed by atoms with van der Waals surface area (Å²) in [6, 6.07) is 40.1. The first-order valence-corrected chi connectivity index (χ1v) is 12.6. The first kappa shape index (κ1) is 22.0. The molecular weight excluding hydrogens is 411 g/mol. The predicted octanol–water partition coefficient (Wildman–Crippen LogP) is 5.26. The molecule has 0 bridgehead atoms. The Kier molecular flexibility index (Phi) is 6.26. The highest BCUT2D eigenvalue weighted by atomic mass is 31.2. The van der Waals surface area contributed by atoms with Gasteiger partial charge >= 0.3 is 5.97 Å². The van der Waals surface area contributed by atoms with Crippen LogP contribution < -0.4 is 21.2 Å². The molecule has 0 aliphatic carbocycles. The lowest BCUT2D eigenvalue weighted by Gasteiger charge is -2.27. The summed E-state index contributed by atoms with van der Waals surface area (Å²) >= 11 is 0. The van der Waals surface area contributed by atoms with E-state index in [0.29, 0.717) is 5.56 Å². The van der Waals surface area contributed by atoms with E-state index in [1.54, 1.807) is 0 Å². The van der Waals surface area contributed by atoms with Gasteiger partial charge in [0.2, 0.25) is 0 Å². The van der Waals surface area contributed by atoms with E-state index in [2.05, 4.69) is 103 Å². The van der Waals surface area contributed by atoms with E-state index >= 15 is 0 Å². The lowest BCUT2D eigenvalue weighted by atomic mass is 10.2. The van der Waals surface area contributed by atoms with Crippen LogP contribution >= 0.6 is 7.26 Å². The van der Waals surface area contributed by atoms with Crippen LogP contribution in [0.25, 0.3) is 0 Å². The molecule has 0 aromatic heterocycles. The fourth-order valence-electron chi connectivity index (χ4n) is 4.01. The third kappa shape index (κ3) is 4.38. The Bertz CT molecular complexity index is 1070. The molecule has 0 radical (unpaired) electrons. The van der Waals surface area contributed by atoms with E-state index in [1.165, 1.54) is 21.2 Å². The van der Waals surface area contributed by atoms with Crippen molar-refractivity contribution in [1.82, 2.24) is 0 Å². The van der Waals surface area contributed by atoms with Crippen molar-refractivity contribution in [2.24, 2.45) is 0 Å². The first-order valence-electron chi connectivity index (χ1n) is 10.8. The lowest BCUT2D eigenvalue weighted by molar-refractivity contribution is 0.00696. The van der Waals surface area contributed by atoms with E-state index in [1.807, 2.05) is 32.9 Å². The zero-order valence-corrected chi connectivity index (χ0v) is 19.6. The van der Waals surface area contributed by atoms with E-state index in [4.69, 9.17) is 4.74 Å². The summed E-state index contributed by atoms with van der Waals surface area (Å²) in [5, 5.41) is 5.04. The van der Waals surface area contributed by atoms with Crippen LogP contribution in [0.5, 0.6) is 0 Å². The van der Waals surface area contributed by atoms with Gasteiger partial charge in [-0.15, -0.1) is 0 Å². The van der Waals surface area contributed by atoms with Gasteiger partial charge in [-0.1, -0.05) is 54.6 Å². The van der Waals surface area contributed by atoms with Gasteiger partial charge in [0, 0.05) is 0 Å². The van der Waals surface area contributed by atoms with Gasteiger partial charge in [0.05, 0.1) is 5.56 Å². The molecule has 3 heteroatoms. The van der Waals surface area contributed by atoms with Crippen LogP contribution in [0.2, 0.25) is 0 Å². The summed E-state index contributed by atoms with van der Waals surface area (Å²) in [6.07, 6.45) is 0. The van der Waals surface area contributed by atoms with Crippen LogP contribution in [-0.4, -0.2) is 11.6 Å². The monoisotopic (exact) mass is 439 g/mol. The van der Waals surface area contributed by atoms with Crippen LogP contribution in [0.1, 0.15) is 31.1 Å². The Morgan fingerprint density at radius 2 is 0.906 bits per heavy atom. The van der Waals surface area contributed by atoms with Gasteiger partial charge < -0.3 is 4.74 Å². The summed E-state index contributed by atoms with van der Waals surface area (Å²) in [5.41, 5.74) is 0.0425. The summed E-state index contributed by atoms with van der Waals surface area (Å²) < 4.78 is 5.57. The minimum absolute atomic E-state index is 0.299. The van der Waals surface area contributed by atoms with Gasteiger partial charge in [-0.3, -0.25) is 0 Å². The molecule has 0 saturated carbocycles. The largest absolute Gasteiger partial charge is 0.456 e. The van der Waals surface area contributed by atoms with E-state index in [-0.39, 0.29) is 5.97 Å². The van der Waals surface area contributed by atoms with Gasteiger partial charge in [-0.2, -0.15) is 0 Å². The van der Waals surface area contributed by atoms with Crippen molar-refractivity contribution in [2.45, 2.75) is 26.4 Å². The first-order chi connectivity index (χ1) is 15.4. The number of hydrogen-bond donors (Lipinski definition) is 0. The number of carbonyl (C=O) groups excluding carboxylic acids is 1. The number of benzene rings is 4. The Hall–Kier alpha value is -3.22. The minimum atomic E-state index is -2.15. The van der Waals surface area contributed by atoms with Gasteiger partial charge in [0.15, 0.2) is 0 Å². The molecule has 32 heavy (non-hydrogen) atoms. The molecule has 2 nitrogen and oxygen atoms in total. The Labute approximate surface area is 191 Å². The molecule has 160 valence electrons. The molecular formula is C29H28O2P+. The molecule has 4 rings (SSSR count). The topological polar surface area (TPSA) is 26.3 Å². The zero-order valence-electron chi connectivity index (χ0n) is 18.7. The van der Waals surface area contributed by atoms with Crippen molar-refractivity contribution in [3.63, 3.8) is 0 Å². The number of rotatable bonds is 5. The van der Waals surface area contributed by atoms with Gasteiger partial charge in [-0.25, -0.2) is 4.79 Å². The van der Waals surface area contributed by atoms with Crippen molar-refractivity contribution in [3.8, 4) is 0 Å². The van der Waals surface area contributed by atoms with E-state index in [9.17, 15) is 4.79 Å². The van der Waals surface area contributed by atoms with E-state index < -0.39 is 12.9 Å². The second-order valence-electron chi connectivity index (χ2n) is 8.73. The molecule has 0 unspecified atom stereocenters. The maximum Gasteiger partial charge on any atom is 0.338 e. The molecule has 0 heterocycles. The normalized spacial score (nSPS) is 11.7. The molecule has 0 fully saturated rings. The SMILES string of the molecule is CC(C)(C)OC(=O)c1ccc([P+](c2ccccc2)(c2ccccc2)c2ccccc2)cc1. The number of esters is 1. The average molecular weight is 440 g/mol. The summed E-state index contributed by atoms with van der Waals surface area (Å²) in [6.45, 7) is 5.65. The summed E-state index contributed by atoms with van der Waals surface area (Å²) in [7, 11) is -2.15. The molecule has 0 spiro atoms. The fourth-order valence-corrected chi connectivity index (χ4v) is 8.25. The van der Waals surface area contributed by atoms with Crippen molar-refractivity contribution in [1.29, 1.82) is 0 Å². The fraction of sp³-hybridized carbons (Fsp3) is 0.138. The number of hydrogen-bond acceptors (Lipinski definition) is 2. The minimum Gasteiger partial charge on any atom is -0.456 e. The van der Waals surface area contributed by atoms with Crippen LogP contribution in [0.15, 0.2) is 115 Å². The number of carbonyl (C=O) groups is 1. The third-order valence-corrected chi connectivity index (χ3v) is 9.61. The van der Waals surface area contributed by atoms with Crippen LogP contribution in [0.3, 0.4) is 0 Å². The molecule has 0 saturated heterocycles. The van der Waals surface area contributed by atoms with Crippen LogP contribution in [-0.2, 0) is 4.74 Å².